The normalized spacial score (nSPS) is 11.1. The summed E-state index contributed by atoms with van der Waals surface area (Å²) in [6, 6.07) is 9.14. The predicted molar refractivity (Wildman–Crippen MR) is 136 cm³/mol. The van der Waals surface area contributed by atoms with E-state index in [0.717, 1.165) is 11.1 Å². The molecule has 2 rings (SSSR count). The molecule has 0 saturated carbocycles. The van der Waals surface area contributed by atoms with Gasteiger partial charge in [-0.05, 0) is 62.6 Å². The quantitative estimate of drug-likeness (QED) is 0.270. The predicted octanol–water partition coefficient (Wildman–Crippen LogP) is 4.61. The lowest BCUT2D eigenvalue weighted by molar-refractivity contribution is -0.116. The molecule has 8 heteroatoms. The van der Waals surface area contributed by atoms with Gasteiger partial charge in [-0.3, -0.25) is 9.78 Å². The van der Waals surface area contributed by atoms with Crippen LogP contribution in [-0.2, 0) is 16.1 Å². The molecule has 0 radical (unpaired) electrons. The molecule has 35 heavy (non-hydrogen) atoms. The van der Waals surface area contributed by atoms with Gasteiger partial charge in [-0.2, -0.15) is 0 Å². The molecular weight excluding hydrogens is 446 g/mol. The Kier molecular flexibility index (Phi) is 10.8. The van der Waals surface area contributed by atoms with E-state index in [9.17, 15) is 9.59 Å². The van der Waals surface area contributed by atoms with E-state index in [1.807, 2.05) is 39.0 Å². The van der Waals surface area contributed by atoms with E-state index >= 15 is 0 Å². The Hall–Kier alpha value is -3.81. The molecule has 1 heterocycles. The van der Waals surface area contributed by atoms with Crippen LogP contribution < -0.4 is 14.8 Å². The van der Waals surface area contributed by atoms with Crippen molar-refractivity contribution in [3.8, 4) is 11.5 Å². The number of rotatable bonds is 12. The summed E-state index contributed by atoms with van der Waals surface area (Å²) in [5, 5.41) is 2.84. The van der Waals surface area contributed by atoms with Gasteiger partial charge in [-0.25, -0.2) is 4.79 Å². The lowest BCUT2D eigenvalue weighted by Crippen LogP contribution is -2.38. The summed E-state index contributed by atoms with van der Waals surface area (Å²) in [5.41, 5.74) is 1.11. The van der Waals surface area contributed by atoms with Gasteiger partial charge in [-0.15, -0.1) is 0 Å². The average Bonchev–Trinajstić information content (AvgIpc) is 2.83. The fraction of sp³-hybridized carbons (Fsp3) is 0.370. The summed E-state index contributed by atoms with van der Waals surface area (Å²) in [7, 11) is 1.56. The minimum Gasteiger partial charge on any atom is -0.493 e. The molecule has 0 aliphatic rings. The number of methoxy groups -OCH3 is 1. The van der Waals surface area contributed by atoms with Gasteiger partial charge in [0.05, 0.1) is 13.7 Å². The molecule has 2 aromatic rings. The van der Waals surface area contributed by atoms with Gasteiger partial charge in [0.1, 0.15) is 12.2 Å². The van der Waals surface area contributed by atoms with E-state index in [1.165, 1.54) is 6.08 Å². The monoisotopic (exact) mass is 481 g/mol. The first-order valence-corrected chi connectivity index (χ1v) is 11.5. The number of nitrogens with zero attached hydrogens (tertiary/aromatic N) is 2. The van der Waals surface area contributed by atoms with Crippen LogP contribution in [0, 0.1) is 0 Å². The number of carbonyl (C=O) groups is 2. The van der Waals surface area contributed by atoms with Crippen LogP contribution in [0.1, 0.15) is 38.3 Å². The molecule has 1 aromatic carbocycles. The first kappa shape index (κ1) is 27.4. The number of pyridine rings is 1. The van der Waals surface area contributed by atoms with E-state index in [-0.39, 0.29) is 5.91 Å². The third-order valence-corrected chi connectivity index (χ3v) is 4.62. The van der Waals surface area contributed by atoms with Crippen LogP contribution in [0.3, 0.4) is 0 Å². The first-order chi connectivity index (χ1) is 16.7. The van der Waals surface area contributed by atoms with Gasteiger partial charge >= 0.3 is 6.09 Å². The Balaban J connectivity index is 1.88. The Morgan fingerprint density at radius 1 is 1.20 bits per heavy atom. The van der Waals surface area contributed by atoms with Crippen molar-refractivity contribution in [3.05, 3.63) is 72.6 Å². The molecule has 2 amide bonds. The van der Waals surface area contributed by atoms with Crippen molar-refractivity contribution in [2.45, 2.75) is 39.3 Å². The number of aromatic nitrogens is 1. The van der Waals surface area contributed by atoms with Crippen LogP contribution in [0.4, 0.5) is 4.79 Å². The van der Waals surface area contributed by atoms with Gasteiger partial charge in [0.2, 0.25) is 5.91 Å². The van der Waals surface area contributed by atoms with Crippen LogP contribution >= 0.6 is 0 Å². The van der Waals surface area contributed by atoms with Crippen molar-refractivity contribution in [2.24, 2.45) is 0 Å². The number of hydrogen-bond acceptors (Lipinski definition) is 6. The maximum absolute atomic E-state index is 12.6. The molecule has 0 spiro atoms. The minimum atomic E-state index is -0.595. The zero-order chi connectivity index (χ0) is 25.7. The Morgan fingerprint density at radius 3 is 2.66 bits per heavy atom. The van der Waals surface area contributed by atoms with Crippen molar-refractivity contribution in [2.75, 3.05) is 26.8 Å². The molecule has 0 bridgehead atoms. The number of amides is 2. The minimum absolute atomic E-state index is 0.230. The summed E-state index contributed by atoms with van der Waals surface area (Å²) in [6.07, 6.45) is 8.39. The molecule has 1 aromatic heterocycles. The summed E-state index contributed by atoms with van der Waals surface area (Å²) in [4.78, 5) is 30.6. The second-order valence-corrected chi connectivity index (χ2v) is 8.75. The third kappa shape index (κ3) is 10.3. The maximum atomic E-state index is 12.6. The molecule has 0 fully saturated rings. The first-order valence-electron chi connectivity index (χ1n) is 11.5. The zero-order valence-electron chi connectivity index (χ0n) is 21.0. The van der Waals surface area contributed by atoms with E-state index in [2.05, 4.69) is 16.9 Å². The molecule has 1 N–H and O–H groups in total. The summed E-state index contributed by atoms with van der Waals surface area (Å²) < 4.78 is 16.4. The topological polar surface area (TPSA) is 90.0 Å². The van der Waals surface area contributed by atoms with Gasteiger partial charge in [-0.1, -0.05) is 24.8 Å². The second kappa shape index (κ2) is 13.8. The second-order valence-electron chi connectivity index (χ2n) is 8.75. The molecule has 0 aliphatic heterocycles. The van der Waals surface area contributed by atoms with Gasteiger partial charge in [0, 0.05) is 31.6 Å². The van der Waals surface area contributed by atoms with Crippen LogP contribution in [0.25, 0.3) is 6.08 Å². The van der Waals surface area contributed by atoms with Crippen LogP contribution in [0.15, 0.2) is 61.5 Å². The van der Waals surface area contributed by atoms with E-state index in [0.29, 0.717) is 44.2 Å². The average molecular weight is 482 g/mol. The SMILES string of the molecule is C=CCOc1ccc(C=CC(=O)NCCCN(Cc2cccnc2)C(=O)OC(C)(C)C)cc1OC. The molecule has 0 aliphatic carbocycles. The van der Waals surface area contributed by atoms with Crippen molar-refractivity contribution in [3.63, 3.8) is 0 Å². The van der Waals surface area contributed by atoms with Crippen LogP contribution in [0.2, 0.25) is 0 Å². The Morgan fingerprint density at radius 2 is 2.00 bits per heavy atom. The number of hydrogen-bond donors (Lipinski definition) is 1. The molecular formula is C27H35N3O5. The highest BCUT2D eigenvalue weighted by molar-refractivity contribution is 5.91. The van der Waals surface area contributed by atoms with Crippen LogP contribution in [0.5, 0.6) is 11.5 Å². The highest BCUT2D eigenvalue weighted by atomic mass is 16.6. The highest BCUT2D eigenvalue weighted by Crippen LogP contribution is 2.28. The molecule has 0 unspecified atom stereocenters. The highest BCUT2D eigenvalue weighted by Gasteiger charge is 2.22. The standard InChI is InChI=1S/C27H35N3O5/c1-6-17-34-23-12-10-21(18-24(23)33-5)11-13-25(31)29-15-8-16-30(26(32)35-27(2,3)4)20-22-9-7-14-28-19-22/h6-7,9-14,18-19H,1,8,15-17,20H2,2-5H3,(H,29,31). The fourth-order valence-electron chi connectivity index (χ4n) is 3.04. The summed E-state index contributed by atoms with van der Waals surface area (Å²) in [5.74, 6) is 0.951. The lowest BCUT2D eigenvalue weighted by atomic mass is 10.2. The van der Waals surface area contributed by atoms with Crippen molar-refractivity contribution in [1.82, 2.24) is 15.2 Å². The smallest absolute Gasteiger partial charge is 0.410 e. The van der Waals surface area contributed by atoms with E-state index in [4.69, 9.17) is 14.2 Å². The zero-order valence-corrected chi connectivity index (χ0v) is 21.0. The Labute approximate surface area is 207 Å². The summed E-state index contributed by atoms with van der Waals surface area (Å²) >= 11 is 0. The summed E-state index contributed by atoms with van der Waals surface area (Å²) in [6.45, 7) is 10.7. The number of carbonyl (C=O) groups excluding carboxylic acids is 2. The van der Waals surface area contributed by atoms with E-state index < -0.39 is 11.7 Å². The van der Waals surface area contributed by atoms with Crippen molar-refractivity contribution in [1.29, 1.82) is 0 Å². The number of benzene rings is 1. The molecule has 8 nitrogen and oxygen atoms in total. The fourth-order valence-corrected chi connectivity index (χ4v) is 3.04. The van der Waals surface area contributed by atoms with Crippen LogP contribution in [-0.4, -0.2) is 54.3 Å². The van der Waals surface area contributed by atoms with Crippen molar-refractivity contribution >= 4 is 18.1 Å². The Bertz CT molecular complexity index is 1000. The molecule has 0 atom stereocenters. The number of ether oxygens (including phenoxy) is 3. The largest absolute Gasteiger partial charge is 0.493 e. The van der Waals surface area contributed by atoms with Gasteiger partial charge in [0.25, 0.3) is 0 Å². The molecule has 188 valence electrons. The van der Waals surface area contributed by atoms with Crippen molar-refractivity contribution < 1.29 is 23.8 Å². The number of nitrogens with one attached hydrogen (secondary N) is 1. The third-order valence-electron chi connectivity index (χ3n) is 4.62. The van der Waals surface area contributed by atoms with E-state index in [1.54, 1.807) is 48.7 Å². The van der Waals surface area contributed by atoms with Gasteiger partial charge in [0.15, 0.2) is 11.5 Å². The molecule has 0 saturated heterocycles. The van der Waals surface area contributed by atoms with Gasteiger partial charge < -0.3 is 24.4 Å². The lowest BCUT2D eigenvalue weighted by Gasteiger charge is -2.27. The maximum Gasteiger partial charge on any atom is 0.410 e.